The molecule has 12 nitrogen and oxygen atoms in total. The number of hydrogen-bond donors (Lipinski definition) is 1. The van der Waals surface area contributed by atoms with Crippen molar-refractivity contribution >= 4 is 23.5 Å². The minimum Gasteiger partial charge on any atom is -0.366 e. The summed E-state index contributed by atoms with van der Waals surface area (Å²) in [5, 5.41) is 12.3. The second kappa shape index (κ2) is 14.4. The molecule has 7 rings (SSSR count). The molecule has 1 saturated carbocycles. The molecule has 1 aliphatic carbocycles. The molecule has 0 spiro atoms. The fourth-order valence-electron chi connectivity index (χ4n) is 7.00. The van der Waals surface area contributed by atoms with Crippen molar-refractivity contribution < 1.29 is 20.5 Å². The number of rotatable bonds is 11. The molecule has 4 aromatic rings. The number of aromatic nitrogens is 4. The van der Waals surface area contributed by atoms with Crippen LogP contribution in [0, 0.1) is 0 Å². The van der Waals surface area contributed by atoms with Gasteiger partial charge >= 0.3 is 0 Å². The zero-order valence-corrected chi connectivity index (χ0v) is 28.7. The first-order valence-electron chi connectivity index (χ1n) is 17.4. The maximum Gasteiger partial charge on any atom is 0.272 e. The van der Waals surface area contributed by atoms with Crippen molar-refractivity contribution in [3.05, 3.63) is 108 Å². The van der Waals surface area contributed by atoms with E-state index in [-0.39, 0.29) is 18.9 Å². The number of nitrogens with zero attached hydrogens (tertiary/aromatic N) is 7. The van der Waals surface area contributed by atoms with Gasteiger partial charge in [-0.1, -0.05) is 49.0 Å². The third kappa shape index (κ3) is 6.86. The lowest BCUT2D eigenvalue weighted by Crippen LogP contribution is -2.55. The number of amides is 3. The van der Waals surface area contributed by atoms with Crippen LogP contribution in [-0.4, -0.2) is 93.1 Å². The molecule has 2 fully saturated rings. The number of para-hydroxylation sites is 1. The van der Waals surface area contributed by atoms with E-state index < -0.39 is 17.9 Å². The fourth-order valence-corrected chi connectivity index (χ4v) is 7.00. The molecule has 12 heteroatoms. The minimum absolute atomic E-state index is 0. The maximum atomic E-state index is 14.5. The van der Waals surface area contributed by atoms with Crippen LogP contribution in [-0.2, 0) is 20.9 Å². The van der Waals surface area contributed by atoms with Crippen LogP contribution in [0.2, 0.25) is 0 Å². The number of fused-ring (bicyclic) bond motifs is 1. The number of likely N-dealkylation sites (N-methyl/N-ethyl adjacent to an activating group) is 2. The third-order valence-corrected chi connectivity index (χ3v) is 9.67. The molecule has 3 aliphatic rings. The van der Waals surface area contributed by atoms with Crippen LogP contribution in [0.3, 0.4) is 0 Å². The van der Waals surface area contributed by atoms with Gasteiger partial charge < -0.3 is 15.0 Å². The van der Waals surface area contributed by atoms with E-state index in [1.807, 2.05) is 72.4 Å². The van der Waals surface area contributed by atoms with Crippen molar-refractivity contribution in [2.24, 2.45) is 0 Å². The molecule has 4 heterocycles. The number of carbonyl (C=O) groups is 3. The quantitative estimate of drug-likeness (QED) is 0.232. The average molecular weight is 679 g/mol. The second-order valence-corrected chi connectivity index (χ2v) is 13.4. The Labute approximate surface area is 293 Å². The number of nitrogens with one attached hydrogen (secondary N) is 1. The lowest BCUT2D eigenvalue weighted by atomic mass is 9.82. The summed E-state index contributed by atoms with van der Waals surface area (Å²) >= 11 is 0. The first-order valence-corrected chi connectivity index (χ1v) is 17.4. The predicted octanol–water partition coefficient (Wildman–Crippen LogP) is 4.53. The maximum absolute atomic E-state index is 14.5. The lowest BCUT2D eigenvalue weighted by molar-refractivity contribution is -0.126. The van der Waals surface area contributed by atoms with Crippen molar-refractivity contribution in [3.63, 3.8) is 0 Å². The van der Waals surface area contributed by atoms with E-state index in [1.165, 1.54) is 0 Å². The molecular formula is C38H46N8O4. The minimum atomic E-state index is -0.917. The normalized spacial score (nSPS) is 19.5. The lowest BCUT2D eigenvalue weighted by Gasteiger charge is -2.38. The zero-order chi connectivity index (χ0) is 34.8. The Hall–Kier alpha value is -5.07. The molecule has 2 atom stereocenters. The highest BCUT2D eigenvalue weighted by atomic mass is 16.5. The Morgan fingerprint density at radius 3 is 2.70 bits per heavy atom. The zero-order valence-electron chi connectivity index (χ0n) is 28.7. The molecule has 0 radical (unpaired) electrons. The Kier molecular flexibility index (Phi) is 9.64. The summed E-state index contributed by atoms with van der Waals surface area (Å²) in [6.07, 6.45) is 7.75. The van der Waals surface area contributed by atoms with Gasteiger partial charge in [0.15, 0.2) is 0 Å². The standard InChI is InChI=1S/C38H44N8O4.H2/c1-4-44-36-31(22-39-46(36)30-13-6-5-7-14-30)33(34(38(44)49)40-35(47)32-17-19-45(41-32)29-15-16-29)28-12-10-11-27(21-28)24-42(3)37(48)26(2)23-43-18-8-9-20-50-25-43;/h5-7,10-14,17,19,21-22,29,33-34H,2,4,8-9,15-16,18,20,23-25H2,1,3H3,(H,40,47);1H/t33-,34+;/m1./s1. The molecule has 1 saturated heterocycles. The van der Waals surface area contributed by atoms with Crippen molar-refractivity contribution in [1.29, 1.82) is 0 Å². The topological polar surface area (TPSA) is 118 Å². The third-order valence-electron chi connectivity index (χ3n) is 9.67. The number of carbonyl (C=O) groups excluding carboxylic acids is 3. The van der Waals surface area contributed by atoms with Gasteiger partial charge in [-0.05, 0) is 61.9 Å². The molecule has 3 amide bonds. The number of anilines is 1. The first-order chi connectivity index (χ1) is 24.3. The van der Waals surface area contributed by atoms with E-state index in [2.05, 4.69) is 21.9 Å². The summed E-state index contributed by atoms with van der Waals surface area (Å²) in [6.45, 7) is 9.31. The summed E-state index contributed by atoms with van der Waals surface area (Å²) < 4.78 is 9.27. The molecule has 50 heavy (non-hydrogen) atoms. The number of hydrogen-bond acceptors (Lipinski definition) is 7. The van der Waals surface area contributed by atoms with Crippen molar-refractivity contribution in [2.75, 3.05) is 44.9 Å². The monoisotopic (exact) mass is 678 g/mol. The van der Waals surface area contributed by atoms with Gasteiger partial charge in [0.05, 0.1) is 24.7 Å². The van der Waals surface area contributed by atoms with Gasteiger partial charge in [-0.2, -0.15) is 10.2 Å². The molecular weight excluding hydrogens is 632 g/mol. The number of benzene rings is 2. The van der Waals surface area contributed by atoms with E-state index in [1.54, 1.807) is 33.8 Å². The molecule has 1 N–H and O–H groups in total. The van der Waals surface area contributed by atoms with Gasteiger partial charge in [-0.3, -0.25) is 28.9 Å². The van der Waals surface area contributed by atoms with E-state index >= 15 is 0 Å². The summed E-state index contributed by atoms with van der Waals surface area (Å²) in [7, 11) is 1.77. The van der Waals surface area contributed by atoms with Crippen molar-refractivity contribution in [3.8, 4) is 5.69 Å². The van der Waals surface area contributed by atoms with Crippen LogP contribution < -0.4 is 10.2 Å². The molecule has 2 aromatic carbocycles. The van der Waals surface area contributed by atoms with Gasteiger partial charge in [-0.15, -0.1) is 0 Å². The average Bonchev–Trinajstić information content (AvgIpc) is 3.79. The number of ether oxygens (including phenoxy) is 1. The molecule has 262 valence electrons. The van der Waals surface area contributed by atoms with Gasteiger partial charge in [0.25, 0.3) is 17.7 Å². The van der Waals surface area contributed by atoms with E-state index in [4.69, 9.17) is 9.84 Å². The van der Waals surface area contributed by atoms with E-state index in [0.29, 0.717) is 43.8 Å². The van der Waals surface area contributed by atoms with Crippen LogP contribution in [0.15, 0.2) is 85.2 Å². The van der Waals surface area contributed by atoms with Crippen molar-refractivity contribution in [2.45, 2.75) is 57.2 Å². The Bertz CT molecular complexity index is 1880. The summed E-state index contributed by atoms with van der Waals surface area (Å²) in [4.78, 5) is 47.0. The molecule has 2 aromatic heterocycles. The Morgan fingerprint density at radius 2 is 1.92 bits per heavy atom. The highest BCUT2D eigenvalue weighted by Gasteiger charge is 2.44. The van der Waals surface area contributed by atoms with Gasteiger partial charge in [0.1, 0.15) is 17.6 Å². The fraction of sp³-hybridized carbons (Fsp3) is 0.395. The summed E-state index contributed by atoms with van der Waals surface area (Å²) in [5.41, 5.74) is 4.15. The summed E-state index contributed by atoms with van der Waals surface area (Å²) in [5.74, 6) is -0.648. The highest BCUT2D eigenvalue weighted by molar-refractivity contribution is 6.04. The Balaban J connectivity index is 0.00000448. The van der Waals surface area contributed by atoms with Crippen LogP contribution in [0.4, 0.5) is 5.82 Å². The predicted molar refractivity (Wildman–Crippen MR) is 191 cm³/mol. The SMILES string of the molecule is C=C(CN1CCCCOC1)C(=O)N(C)Cc1cccc([C@@H]2c3cnn(-c4ccccc4)c3N(CC)C(=O)[C@H]2NC(=O)c2ccn(C3CC3)n2)c1.[HH]. The first kappa shape index (κ1) is 33.4. The van der Waals surface area contributed by atoms with Crippen molar-refractivity contribution in [1.82, 2.24) is 34.7 Å². The van der Waals surface area contributed by atoms with Crippen LogP contribution in [0.25, 0.3) is 5.69 Å². The van der Waals surface area contributed by atoms with E-state index in [0.717, 1.165) is 61.2 Å². The highest BCUT2D eigenvalue weighted by Crippen LogP contribution is 2.42. The smallest absolute Gasteiger partial charge is 0.272 e. The van der Waals surface area contributed by atoms with Crippen LogP contribution in [0.5, 0.6) is 0 Å². The van der Waals surface area contributed by atoms with Crippen LogP contribution >= 0.6 is 0 Å². The van der Waals surface area contributed by atoms with E-state index in [9.17, 15) is 14.4 Å². The second-order valence-electron chi connectivity index (χ2n) is 13.4. The van der Waals surface area contributed by atoms with Gasteiger partial charge in [0.2, 0.25) is 0 Å². The van der Waals surface area contributed by atoms with Gasteiger partial charge in [-0.25, -0.2) is 4.68 Å². The largest absolute Gasteiger partial charge is 0.366 e. The molecule has 2 aliphatic heterocycles. The Morgan fingerprint density at radius 1 is 1.10 bits per heavy atom. The van der Waals surface area contributed by atoms with Crippen LogP contribution in [0.1, 0.15) is 73.2 Å². The molecule has 0 bridgehead atoms. The van der Waals surface area contributed by atoms with Gasteiger partial charge in [0, 0.05) is 64.5 Å². The molecule has 0 unspecified atom stereocenters. The summed E-state index contributed by atoms with van der Waals surface area (Å²) in [6, 6.07) is 18.7.